The Labute approximate surface area is 98.8 Å². The lowest BCUT2D eigenvalue weighted by Gasteiger charge is -2.08. The molecule has 0 saturated carbocycles. The van der Waals surface area contributed by atoms with Gasteiger partial charge in [-0.05, 0) is 25.1 Å². The zero-order valence-electron chi connectivity index (χ0n) is 9.99. The van der Waals surface area contributed by atoms with E-state index in [9.17, 15) is 4.39 Å². The van der Waals surface area contributed by atoms with Gasteiger partial charge in [-0.15, -0.1) is 0 Å². The van der Waals surface area contributed by atoms with Crippen molar-refractivity contribution in [3.8, 4) is 17.0 Å². The smallest absolute Gasteiger partial charge is 0.178 e. The number of nitrogen functional groups attached to an aromatic ring is 1. The predicted molar refractivity (Wildman–Crippen MR) is 64.3 cm³/mol. The summed E-state index contributed by atoms with van der Waals surface area (Å²) in [4.78, 5) is 0. The molecule has 0 radical (unpaired) electrons. The van der Waals surface area contributed by atoms with Crippen molar-refractivity contribution in [3.05, 3.63) is 29.7 Å². The Morgan fingerprint density at radius 2 is 2.12 bits per heavy atom. The molecule has 1 aromatic carbocycles. The van der Waals surface area contributed by atoms with E-state index in [2.05, 4.69) is 5.10 Å². The van der Waals surface area contributed by atoms with E-state index in [1.54, 1.807) is 16.8 Å². The molecule has 0 amide bonds. The summed E-state index contributed by atoms with van der Waals surface area (Å²) in [5.74, 6) is -0.420. The van der Waals surface area contributed by atoms with Gasteiger partial charge in [-0.2, -0.15) is 5.10 Å². The van der Waals surface area contributed by atoms with Crippen molar-refractivity contribution in [1.29, 1.82) is 0 Å². The Kier molecular flexibility index (Phi) is 2.75. The van der Waals surface area contributed by atoms with Crippen LogP contribution in [0.1, 0.15) is 5.69 Å². The van der Waals surface area contributed by atoms with E-state index in [1.165, 1.54) is 7.11 Å². The van der Waals surface area contributed by atoms with Gasteiger partial charge in [0.1, 0.15) is 0 Å². The quantitative estimate of drug-likeness (QED) is 0.811. The van der Waals surface area contributed by atoms with Crippen molar-refractivity contribution in [2.24, 2.45) is 7.05 Å². The van der Waals surface area contributed by atoms with Crippen LogP contribution in [0.25, 0.3) is 11.3 Å². The number of aryl methyl sites for hydroxylation is 2. The van der Waals surface area contributed by atoms with Crippen LogP contribution in [0.15, 0.2) is 18.2 Å². The van der Waals surface area contributed by atoms with E-state index < -0.39 is 5.82 Å². The van der Waals surface area contributed by atoms with Gasteiger partial charge in [-0.25, -0.2) is 4.39 Å². The first kappa shape index (κ1) is 11.4. The van der Waals surface area contributed by atoms with Gasteiger partial charge in [0.25, 0.3) is 0 Å². The fraction of sp³-hybridized carbons (Fsp3) is 0.250. The van der Waals surface area contributed by atoms with Gasteiger partial charge in [0.05, 0.1) is 18.5 Å². The summed E-state index contributed by atoms with van der Waals surface area (Å²) >= 11 is 0. The maximum atomic E-state index is 14.1. The molecule has 0 aliphatic heterocycles. The van der Waals surface area contributed by atoms with Crippen LogP contribution in [0.5, 0.6) is 5.75 Å². The van der Waals surface area contributed by atoms with E-state index in [-0.39, 0.29) is 11.4 Å². The summed E-state index contributed by atoms with van der Waals surface area (Å²) in [7, 11) is 3.20. The Bertz CT molecular complexity index is 544. The van der Waals surface area contributed by atoms with Crippen molar-refractivity contribution >= 4 is 5.69 Å². The highest BCUT2D eigenvalue weighted by atomic mass is 19.1. The number of halogens is 1. The molecule has 1 heterocycles. The number of nitrogens with zero attached hydrogens (tertiary/aromatic N) is 2. The van der Waals surface area contributed by atoms with Gasteiger partial charge >= 0.3 is 0 Å². The van der Waals surface area contributed by atoms with E-state index in [4.69, 9.17) is 10.5 Å². The first-order valence-electron chi connectivity index (χ1n) is 5.17. The Hall–Kier alpha value is -2.04. The van der Waals surface area contributed by atoms with Gasteiger partial charge in [-0.3, -0.25) is 4.68 Å². The summed E-state index contributed by atoms with van der Waals surface area (Å²) in [6.45, 7) is 1.91. The molecule has 2 N–H and O–H groups in total. The number of hydrogen-bond donors (Lipinski definition) is 1. The Morgan fingerprint density at radius 3 is 2.65 bits per heavy atom. The molecule has 2 aromatic rings. The van der Waals surface area contributed by atoms with Crippen molar-refractivity contribution in [2.75, 3.05) is 12.8 Å². The fourth-order valence-corrected chi connectivity index (χ4v) is 1.67. The van der Waals surface area contributed by atoms with Crippen molar-refractivity contribution < 1.29 is 9.13 Å². The van der Waals surface area contributed by atoms with Gasteiger partial charge in [0, 0.05) is 18.3 Å². The highest BCUT2D eigenvalue weighted by Gasteiger charge is 2.16. The van der Waals surface area contributed by atoms with Crippen LogP contribution in [0.3, 0.4) is 0 Å². The number of aromatic nitrogens is 2. The summed E-state index contributed by atoms with van der Waals surface area (Å²) in [5.41, 5.74) is 7.82. The lowest BCUT2D eigenvalue weighted by atomic mass is 10.1. The number of methoxy groups -OCH3 is 1. The number of rotatable bonds is 2. The summed E-state index contributed by atoms with van der Waals surface area (Å²) < 4.78 is 20.7. The molecule has 5 heteroatoms. The summed E-state index contributed by atoms with van der Waals surface area (Å²) in [6.07, 6.45) is 0. The lowest BCUT2D eigenvalue weighted by Crippen LogP contribution is -1.98. The van der Waals surface area contributed by atoms with E-state index in [0.29, 0.717) is 11.3 Å². The molecule has 0 bridgehead atoms. The molecule has 0 unspecified atom stereocenters. The SMILES string of the molecule is COc1c(N)ccc(-c2cc(C)n(C)n2)c1F. The third kappa shape index (κ3) is 1.84. The number of nitrogens with two attached hydrogens (primary N) is 1. The highest BCUT2D eigenvalue weighted by molar-refractivity contribution is 5.68. The molecule has 0 aliphatic rings. The van der Waals surface area contributed by atoms with E-state index >= 15 is 0 Å². The third-order valence-corrected chi connectivity index (χ3v) is 2.72. The van der Waals surface area contributed by atoms with Crippen LogP contribution in [-0.2, 0) is 7.05 Å². The largest absolute Gasteiger partial charge is 0.492 e. The number of benzene rings is 1. The average molecular weight is 235 g/mol. The second kappa shape index (κ2) is 4.08. The average Bonchev–Trinajstić information content (AvgIpc) is 2.59. The van der Waals surface area contributed by atoms with Crippen LogP contribution in [0.2, 0.25) is 0 Å². The standard InChI is InChI=1S/C12H14FN3O/c1-7-6-10(15-16(7)2)8-4-5-9(14)12(17-3)11(8)13/h4-6H,14H2,1-3H3. The molecule has 4 nitrogen and oxygen atoms in total. The molecule has 0 atom stereocenters. The first-order valence-corrected chi connectivity index (χ1v) is 5.17. The first-order chi connectivity index (χ1) is 8.04. The second-order valence-corrected chi connectivity index (χ2v) is 3.84. The Balaban J connectivity index is 2.60. The molecule has 0 spiro atoms. The lowest BCUT2D eigenvalue weighted by molar-refractivity contribution is 0.389. The molecule has 2 rings (SSSR count). The minimum Gasteiger partial charge on any atom is -0.492 e. The van der Waals surface area contributed by atoms with E-state index in [1.807, 2.05) is 20.0 Å². The normalized spacial score (nSPS) is 10.6. The van der Waals surface area contributed by atoms with Crippen LogP contribution >= 0.6 is 0 Å². The van der Waals surface area contributed by atoms with Crippen molar-refractivity contribution in [2.45, 2.75) is 6.92 Å². The zero-order chi connectivity index (χ0) is 12.6. The summed E-state index contributed by atoms with van der Waals surface area (Å²) in [5, 5.41) is 4.23. The minimum absolute atomic E-state index is 0.0609. The number of ether oxygens (including phenoxy) is 1. The van der Waals surface area contributed by atoms with Crippen LogP contribution in [0, 0.1) is 12.7 Å². The third-order valence-electron chi connectivity index (χ3n) is 2.72. The minimum atomic E-state index is -0.481. The van der Waals surface area contributed by atoms with E-state index in [0.717, 1.165) is 5.69 Å². The van der Waals surface area contributed by atoms with Gasteiger partial charge in [-0.1, -0.05) is 0 Å². The molecule has 1 aromatic heterocycles. The number of anilines is 1. The molecule has 90 valence electrons. The number of hydrogen-bond acceptors (Lipinski definition) is 3. The summed E-state index contributed by atoms with van der Waals surface area (Å²) in [6, 6.07) is 5.03. The Morgan fingerprint density at radius 1 is 1.41 bits per heavy atom. The van der Waals surface area contributed by atoms with Crippen molar-refractivity contribution in [1.82, 2.24) is 9.78 Å². The second-order valence-electron chi connectivity index (χ2n) is 3.84. The van der Waals surface area contributed by atoms with Crippen molar-refractivity contribution in [3.63, 3.8) is 0 Å². The van der Waals surface area contributed by atoms with Gasteiger partial charge in [0.15, 0.2) is 11.6 Å². The molecular weight excluding hydrogens is 221 g/mol. The van der Waals surface area contributed by atoms with Gasteiger partial charge in [0.2, 0.25) is 0 Å². The molecule has 0 saturated heterocycles. The molecular formula is C12H14FN3O. The molecule has 17 heavy (non-hydrogen) atoms. The van der Waals surface area contributed by atoms with Gasteiger partial charge < -0.3 is 10.5 Å². The fourth-order valence-electron chi connectivity index (χ4n) is 1.67. The zero-order valence-corrected chi connectivity index (χ0v) is 9.99. The van der Waals surface area contributed by atoms with Crippen LogP contribution in [-0.4, -0.2) is 16.9 Å². The maximum absolute atomic E-state index is 14.1. The highest BCUT2D eigenvalue weighted by Crippen LogP contribution is 2.33. The maximum Gasteiger partial charge on any atom is 0.178 e. The topological polar surface area (TPSA) is 53.1 Å². The molecule has 0 aliphatic carbocycles. The van der Waals surface area contributed by atoms with Crippen LogP contribution < -0.4 is 10.5 Å². The van der Waals surface area contributed by atoms with Crippen LogP contribution in [0.4, 0.5) is 10.1 Å². The molecule has 0 fully saturated rings. The predicted octanol–water partition coefficient (Wildman–Crippen LogP) is 2.13. The monoisotopic (exact) mass is 235 g/mol.